The Labute approximate surface area is 225 Å². The molecule has 3 nitrogen and oxygen atoms in total. The maximum Gasteiger partial charge on any atom is 0.200 e. The van der Waals surface area contributed by atoms with Crippen LogP contribution in [0.5, 0.6) is 0 Å². The number of hydrogen-bond donors (Lipinski definition) is 0. The molecule has 0 aliphatic heterocycles. The molecule has 0 saturated carbocycles. The fraction of sp³-hybridized carbons (Fsp3) is 0.355. The standard InChI is InChI=1S/C31H40F4O3/c1-11-13-17-36-26(9)31(35)30(34)24(7)21(4)16-15-20(3)23(6)28(32)29(33)25(8)22(5)19-38-27(10)37-18-14-12-2/h11,15-16,22,27H,1,3-4,6-9,12-14,17-19H2,2,5,10H3/b16-15-,29-28-,31-30-. The lowest BCUT2D eigenvalue weighted by atomic mass is 9.98. The van der Waals surface area contributed by atoms with Crippen LogP contribution in [0.25, 0.3) is 0 Å². The first-order valence-corrected chi connectivity index (χ1v) is 12.2. The van der Waals surface area contributed by atoms with E-state index in [9.17, 15) is 17.6 Å². The number of allylic oxidation sites excluding steroid dienone is 10. The van der Waals surface area contributed by atoms with Gasteiger partial charge in [-0.15, -0.1) is 6.58 Å². The van der Waals surface area contributed by atoms with Crippen LogP contribution in [0.4, 0.5) is 17.6 Å². The first-order valence-electron chi connectivity index (χ1n) is 12.2. The minimum Gasteiger partial charge on any atom is -0.491 e. The van der Waals surface area contributed by atoms with Crippen molar-refractivity contribution in [3.8, 4) is 0 Å². The Kier molecular flexibility index (Phi) is 16.6. The van der Waals surface area contributed by atoms with Crippen molar-refractivity contribution in [3.05, 3.63) is 121 Å². The van der Waals surface area contributed by atoms with Crippen LogP contribution in [0.1, 0.15) is 40.0 Å². The number of hydrogen-bond acceptors (Lipinski definition) is 3. The summed E-state index contributed by atoms with van der Waals surface area (Å²) in [5, 5.41) is 0. The summed E-state index contributed by atoms with van der Waals surface area (Å²) >= 11 is 0. The highest BCUT2D eigenvalue weighted by Gasteiger charge is 2.20. The van der Waals surface area contributed by atoms with E-state index in [0.29, 0.717) is 13.0 Å². The van der Waals surface area contributed by atoms with Crippen LogP contribution in [-0.2, 0) is 14.2 Å². The molecular formula is C31H40F4O3. The molecule has 210 valence electrons. The van der Waals surface area contributed by atoms with Crippen molar-refractivity contribution in [3.63, 3.8) is 0 Å². The summed E-state index contributed by atoms with van der Waals surface area (Å²) in [6, 6.07) is 0. The number of unbranched alkanes of at least 4 members (excludes halogenated alkanes) is 1. The predicted octanol–water partition coefficient (Wildman–Crippen LogP) is 9.55. The molecule has 0 aromatic heterocycles. The highest BCUT2D eigenvalue weighted by molar-refractivity contribution is 5.54. The van der Waals surface area contributed by atoms with Gasteiger partial charge in [0.15, 0.2) is 29.5 Å². The Morgan fingerprint density at radius 1 is 0.763 bits per heavy atom. The third-order valence-electron chi connectivity index (χ3n) is 5.33. The van der Waals surface area contributed by atoms with Crippen LogP contribution in [-0.4, -0.2) is 26.1 Å². The summed E-state index contributed by atoms with van der Waals surface area (Å²) < 4.78 is 74.2. The lowest BCUT2D eigenvalue weighted by molar-refractivity contribution is -0.135. The van der Waals surface area contributed by atoms with Gasteiger partial charge in [-0.2, -0.15) is 4.39 Å². The van der Waals surface area contributed by atoms with E-state index in [2.05, 4.69) is 46.1 Å². The second-order valence-electron chi connectivity index (χ2n) is 8.50. The Morgan fingerprint density at radius 3 is 1.79 bits per heavy atom. The van der Waals surface area contributed by atoms with E-state index < -0.39 is 41.3 Å². The first kappa shape index (κ1) is 34.8. The van der Waals surface area contributed by atoms with Crippen molar-refractivity contribution in [2.24, 2.45) is 5.92 Å². The number of ether oxygens (including phenoxy) is 3. The first-order chi connectivity index (χ1) is 17.8. The highest BCUT2D eigenvalue weighted by Crippen LogP contribution is 2.31. The summed E-state index contributed by atoms with van der Waals surface area (Å²) in [7, 11) is 0. The average molecular weight is 537 g/mol. The van der Waals surface area contributed by atoms with Gasteiger partial charge in [0.05, 0.1) is 13.2 Å². The maximum atomic E-state index is 14.8. The summed E-state index contributed by atoms with van der Waals surface area (Å²) in [5.74, 6) is -6.12. The smallest absolute Gasteiger partial charge is 0.200 e. The molecule has 0 radical (unpaired) electrons. The fourth-order valence-electron chi connectivity index (χ4n) is 2.58. The molecule has 0 amide bonds. The monoisotopic (exact) mass is 536 g/mol. The molecule has 0 rings (SSSR count). The molecule has 0 heterocycles. The van der Waals surface area contributed by atoms with Crippen molar-refractivity contribution >= 4 is 0 Å². The van der Waals surface area contributed by atoms with Gasteiger partial charge in [-0.3, -0.25) is 0 Å². The largest absolute Gasteiger partial charge is 0.491 e. The Hall–Kier alpha value is -3.16. The van der Waals surface area contributed by atoms with E-state index in [1.165, 1.54) is 12.2 Å². The van der Waals surface area contributed by atoms with Gasteiger partial charge in [-0.25, -0.2) is 13.2 Å². The normalized spacial score (nSPS) is 14.2. The zero-order chi connectivity index (χ0) is 29.4. The molecule has 0 bridgehead atoms. The van der Waals surface area contributed by atoms with E-state index in [1.807, 2.05) is 6.92 Å². The van der Waals surface area contributed by atoms with Crippen molar-refractivity contribution in [1.29, 1.82) is 0 Å². The third kappa shape index (κ3) is 11.9. The second-order valence-corrected chi connectivity index (χ2v) is 8.50. The molecule has 0 aliphatic carbocycles. The molecule has 0 fully saturated rings. The van der Waals surface area contributed by atoms with E-state index in [0.717, 1.165) is 12.8 Å². The Morgan fingerprint density at radius 2 is 1.29 bits per heavy atom. The average Bonchev–Trinajstić information content (AvgIpc) is 2.91. The second kappa shape index (κ2) is 18.2. The number of halogens is 4. The van der Waals surface area contributed by atoms with Crippen LogP contribution >= 0.6 is 0 Å². The zero-order valence-electron chi connectivity index (χ0n) is 22.8. The van der Waals surface area contributed by atoms with Crippen molar-refractivity contribution < 1.29 is 31.8 Å². The lowest BCUT2D eigenvalue weighted by Crippen LogP contribution is -2.19. The lowest BCUT2D eigenvalue weighted by Gasteiger charge is -2.19. The molecule has 0 spiro atoms. The van der Waals surface area contributed by atoms with Gasteiger partial charge in [-0.05, 0) is 36.5 Å². The van der Waals surface area contributed by atoms with Crippen LogP contribution in [0.2, 0.25) is 0 Å². The van der Waals surface area contributed by atoms with Gasteiger partial charge in [0.2, 0.25) is 5.83 Å². The molecule has 0 aromatic rings. The number of rotatable bonds is 20. The van der Waals surface area contributed by atoms with Gasteiger partial charge in [0.25, 0.3) is 0 Å². The van der Waals surface area contributed by atoms with Gasteiger partial charge in [0.1, 0.15) is 0 Å². The summed E-state index contributed by atoms with van der Waals surface area (Å²) in [6.45, 7) is 30.8. The van der Waals surface area contributed by atoms with Gasteiger partial charge < -0.3 is 14.2 Å². The van der Waals surface area contributed by atoms with Crippen LogP contribution in [0, 0.1) is 5.92 Å². The van der Waals surface area contributed by atoms with E-state index in [4.69, 9.17) is 14.2 Å². The van der Waals surface area contributed by atoms with Crippen LogP contribution < -0.4 is 0 Å². The highest BCUT2D eigenvalue weighted by atomic mass is 19.2. The third-order valence-corrected chi connectivity index (χ3v) is 5.33. The van der Waals surface area contributed by atoms with Gasteiger partial charge in [-0.1, -0.05) is 78.0 Å². The predicted molar refractivity (Wildman–Crippen MR) is 149 cm³/mol. The quantitative estimate of drug-likeness (QED) is 0.0387. The summed E-state index contributed by atoms with van der Waals surface area (Å²) in [4.78, 5) is 0. The van der Waals surface area contributed by atoms with Crippen molar-refractivity contribution in [1.82, 2.24) is 0 Å². The van der Waals surface area contributed by atoms with Gasteiger partial charge >= 0.3 is 0 Å². The van der Waals surface area contributed by atoms with Gasteiger partial charge in [0, 0.05) is 23.7 Å². The molecule has 2 atom stereocenters. The topological polar surface area (TPSA) is 27.7 Å². The van der Waals surface area contributed by atoms with E-state index >= 15 is 0 Å². The molecule has 0 N–H and O–H groups in total. The Balaban J connectivity index is 5.21. The van der Waals surface area contributed by atoms with Crippen LogP contribution in [0.15, 0.2) is 121 Å². The van der Waals surface area contributed by atoms with E-state index in [-0.39, 0.29) is 41.1 Å². The molecule has 7 heteroatoms. The zero-order valence-corrected chi connectivity index (χ0v) is 22.8. The van der Waals surface area contributed by atoms with E-state index in [1.54, 1.807) is 19.9 Å². The minimum absolute atomic E-state index is 0.0247. The molecule has 0 aromatic carbocycles. The summed E-state index contributed by atoms with van der Waals surface area (Å²) in [6.07, 6.45) is 5.82. The maximum absolute atomic E-state index is 14.8. The molecule has 0 saturated heterocycles. The fourth-order valence-corrected chi connectivity index (χ4v) is 2.58. The molecule has 0 aliphatic rings. The molecule has 2 unspecified atom stereocenters. The molecular weight excluding hydrogens is 496 g/mol. The molecule has 38 heavy (non-hydrogen) atoms. The summed E-state index contributed by atoms with van der Waals surface area (Å²) in [5.41, 5.74) is -0.918. The van der Waals surface area contributed by atoms with Crippen LogP contribution in [0.3, 0.4) is 0 Å². The Bertz CT molecular complexity index is 1010. The SMILES string of the molecule is C=CCCOC(=C)/C(F)=C(/F)C(=C)C(=C)/C=C\C(=C)C(=C)/C(F)=C(/F)C(=C)C(C)COC(C)OCCCC. The minimum atomic E-state index is -1.33. The van der Waals surface area contributed by atoms with Crippen molar-refractivity contribution in [2.75, 3.05) is 19.8 Å². The van der Waals surface area contributed by atoms with Crippen molar-refractivity contribution in [2.45, 2.75) is 46.3 Å².